The minimum atomic E-state index is -3.27. The highest BCUT2D eigenvalue weighted by molar-refractivity contribution is 7.91. The van der Waals surface area contributed by atoms with Crippen molar-refractivity contribution < 1.29 is 23.1 Å². The quantitative estimate of drug-likeness (QED) is 0.598. The van der Waals surface area contributed by atoms with Gasteiger partial charge in [-0.15, -0.1) is 0 Å². The maximum Gasteiger partial charge on any atom is 0.304 e. The Balaban J connectivity index is 3.61. The average molecular weight is 238 g/mol. The lowest BCUT2D eigenvalue weighted by molar-refractivity contribution is -0.136. The summed E-state index contributed by atoms with van der Waals surface area (Å²) in [5, 5.41) is 8.32. The number of hydrogen-bond donors (Lipinski definition) is 1. The van der Waals surface area contributed by atoms with Crippen LogP contribution in [0.5, 0.6) is 0 Å². The van der Waals surface area contributed by atoms with Crippen LogP contribution in [0.1, 0.15) is 26.2 Å². The van der Waals surface area contributed by atoms with E-state index in [1.807, 2.05) is 6.92 Å². The Labute approximate surface area is 90.4 Å². The van der Waals surface area contributed by atoms with Crippen LogP contribution in [-0.2, 0) is 19.4 Å². The van der Waals surface area contributed by atoms with Crippen molar-refractivity contribution in [1.82, 2.24) is 0 Å². The number of sulfone groups is 1. The molecule has 0 amide bonds. The van der Waals surface area contributed by atoms with Gasteiger partial charge in [-0.1, -0.05) is 13.3 Å². The Kier molecular flexibility index (Phi) is 7.33. The first-order valence-electron chi connectivity index (χ1n) is 4.98. The van der Waals surface area contributed by atoms with Crippen LogP contribution in [0.3, 0.4) is 0 Å². The number of carbonyl (C=O) groups is 1. The van der Waals surface area contributed by atoms with E-state index in [4.69, 9.17) is 9.84 Å². The molecule has 0 unspecified atom stereocenters. The zero-order valence-electron chi connectivity index (χ0n) is 8.94. The van der Waals surface area contributed by atoms with E-state index < -0.39 is 15.8 Å². The minimum absolute atomic E-state index is 0.0933. The van der Waals surface area contributed by atoms with Gasteiger partial charge in [-0.3, -0.25) is 4.79 Å². The molecule has 5 nitrogen and oxygen atoms in total. The van der Waals surface area contributed by atoms with Crippen molar-refractivity contribution in [1.29, 1.82) is 0 Å². The van der Waals surface area contributed by atoms with Gasteiger partial charge >= 0.3 is 5.97 Å². The van der Waals surface area contributed by atoms with E-state index in [2.05, 4.69) is 0 Å². The zero-order chi connectivity index (χ0) is 11.7. The van der Waals surface area contributed by atoms with Gasteiger partial charge in [0.25, 0.3) is 0 Å². The lowest BCUT2D eigenvalue weighted by Crippen LogP contribution is -2.18. The average Bonchev–Trinajstić information content (AvgIpc) is 2.15. The van der Waals surface area contributed by atoms with Gasteiger partial charge < -0.3 is 9.84 Å². The summed E-state index contributed by atoms with van der Waals surface area (Å²) in [6, 6.07) is 0. The molecule has 0 atom stereocenters. The number of carboxylic acids is 1. The molecule has 0 aromatic rings. The van der Waals surface area contributed by atoms with Gasteiger partial charge in [0.05, 0.1) is 24.5 Å². The van der Waals surface area contributed by atoms with Crippen LogP contribution in [0.25, 0.3) is 0 Å². The molecule has 90 valence electrons. The molecule has 1 N–H and O–H groups in total. The summed E-state index contributed by atoms with van der Waals surface area (Å²) in [6.07, 6.45) is 1.58. The van der Waals surface area contributed by atoms with Crippen LogP contribution in [0.2, 0.25) is 0 Å². The van der Waals surface area contributed by atoms with Crippen molar-refractivity contribution in [2.75, 3.05) is 24.7 Å². The van der Waals surface area contributed by atoms with Crippen LogP contribution in [-0.4, -0.2) is 44.2 Å². The maximum atomic E-state index is 11.2. The van der Waals surface area contributed by atoms with E-state index in [1.165, 1.54) is 0 Å². The minimum Gasteiger partial charge on any atom is -0.481 e. The Morgan fingerprint density at radius 2 is 1.93 bits per heavy atom. The van der Waals surface area contributed by atoms with Crippen molar-refractivity contribution in [2.45, 2.75) is 26.2 Å². The second-order valence-corrected chi connectivity index (χ2v) is 5.57. The van der Waals surface area contributed by atoms with Gasteiger partial charge in [-0.05, 0) is 6.42 Å². The lowest BCUT2D eigenvalue weighted by atomic mass is 10.4. The van der Waals surface area contributed by atoms with Gasteiger partial charge in [0.1, 0.15) is 0 Å². The highest BCUT2D eigenvalue weighted by atomic mass is 32.2. The summed E-state index contributed by atoms with van der Waals surface area (Å²) in [5.41, 5.74) is 0. The molecule has 0 bridgehead atoms. The summed E-state index contributed by atoms with van der Waals surface area (Å²) in [7, 11) is -3.27. The standard InChI is InChI=1S/C9H18O5S/c1-2-3-5-14-6-8-15(12,13)7-4-9(10)11/h2-8H2,1H3,(H,10,11). The highest BCUT2D eigenvalue weighted by Gasteiger charge is 2.12. The third-order valence-corrected chi connectivity index (χ3v) is 3.42. The Bertz CT molecular complexity index is 270. The van der Waals surface area contributed by atoms with E-state index >= 15 is 0 Å². The normalized spacial score (nSPS) is 11.5. The van der Waals surface area contributed by atoms with Crippen molar-refractivity contribution >= 4 is 15.8 Å². The van der Waals surface area contributed by atoms with E-state index in [1.54, 1.807) is 0 Å². The van der Waals surface area contributed by atoms with Gasteiger partial charge in [0.15, 0.2) is 9.84 Å². The van der Waals surface area contributed by atoms with Gasteiger partial charge in [0, 0.05) is 6.61 Å². The molecule has 0 aromatic heterocycles. The van der Waals surface area contributed by atoms with Crippen molar-refractivity contribution in [3.05, 3.63) is 0 Å². The number of rotatable bonds is 9. The number of hydrogen-bond acceptors (Lipinski definition) is 4. The third-order valence-electron chi connectivity index (χ3n) is 1.81. The van der Waals surface area contributed by atoms with Crippen LogP contribution >= 0.6 is 0 Å². The predicted molar refractivity (Wildman–Crippen MR) is 56.6 cm³/mol. The zero-order valence-corrected chi connectivity index (χ0v) is 9.75. The van der Waals surface area contributed by atoms with E-state index in [-0.39, 0.29) is 24.5 Å². The lowest BCUT2D eigenvalue weighted by Gasteiger charge is -2.03. The fourth-order valence-electron chi connectivity index (χ4n) is 0.879. The summed E-state index contributed by atoms with van der Waals surface area (Å²) in [6.45, 7) is 2.74. The topological polar surface area (TPSA) is 80.7 Å². The number of ether oxygens (including phenoxy) is 1. The molecule has 0 aliphatic rings. The second kappa shape index (κ2) is 7.64. The molecule has 0 saturated heterocycles. The Morgan fingerprint density at radius 3 is 2.47 bits per heavy atom. The van der Waals surface area contributed by atoms with Crippen LogP contribution in [0.15, 0.2) is 0 Å². The molecule has 0 aromatic carbocycles. The van der Waals surface area contributed by atoms with Gasteiger partial charge in [-0.2, -0.15) is 0 Å². The fourth-order valence-corrected chi connectivity index (χ4v) is 1.94. The first kappa shape index (κ1) is 14.4. The number of carboxylic acid groups (broad SMARTS) is 1. The smallest absolute Gasteiger partial charge is 0.304 e. The highest BCUT2D eigenvalue weighted by Crippen LogP contribution is 1.96. The Hall–Kier alpha value is -0.620. The van der Waals surface area contributed by atoms with Crippen molar-refractivity contribution in [2.24, 2.45) is 0 Å². The van der Waals surface area contributed by atoms with E-state index in [0.29, 0.717) is 6.61 Å². The van der Waals surface area contributed by atoms with Gasteiger partial charge in [-0.25, -0.2) is 8.42 Å². The van der Waals surface area contributed by atoms with Crippen molar-refractivity contribution in [3.8, 4) is 0 Å². The molecule has 15 heavy (non-hydrogen) atoms. The fraction of sp³-hybridized carbons (Fsp3) is 0.889. The first-order chi connectivity index (χ1) is 6.98. The summed E-state index contributed by atoms with van der Waals surface area (Å²) in [4.78, 5) is 10.2. The molecule has 0 aliphatic heterocycles. The summed E-state index contributed by atoms with van der Waals surface area (Å²) >= 11 is 0. The molecule has 0 heterocycles. The van der Waals surface area contributed by atoms with E-state index in [9.17, 15) is 13.2 Å². The Morgan fingerprint density at radius 1 is 1.27 bits per heavy atom. The number of unbranched alkanes of at least 4 members (excludes halogenated alkanes) is 1. The largest absolute Gasteiger partial charge is 0.481 e. The first-order valence-corrected chi connectivity index (χ1v) is 6.80. The molecule has 0 fully saturated rings. The van der Waals surface area contributed by atoms with E-state index in [0.717, 1.165) is 12.8 Å². The molecular formula is C9H18O5S. The SMILES string of the molecule is CCCCOCCS(=O)(=O)CCC(=O)O. The molecule has 0 rings (SSSR count). The summed E-state index contributed by atoms with van der Waals surface area (Å²) in [5.74, 6) is -1.49. The molecule has 0 saturated carbocycles. The molecular weight excluding hydrogens is 220 g/mol. The molecule has 0 radical (unpaired) electrons. The monoisotopic (exact) mass is 238 g/mol. The molecule has 0 aliphatic carbocycles. The molecule has 0 spiro atoms. The predicted octanol–water partition coefficient (Wildman–Crippen LogP) is 0.693. The third kappa shape index (κ3) is 9.68. The van der Waals surface area contributed by atoms with Gasteiger partial charge in [0.2, 0.25) is 0 Å². The maximum absolute atomic E-state index is 11.2. The van der Waals surface area contributed by atoms with Crippen LogP contribution in [0.4, 0.5) is 0 Å². The number of aliphatic carboxylic acids is 1. The van der Waals surface area contributed by atoms with Crippen LogP contribution < -0.4 is 0 Å². The van der Waals surface area contributed by atoms with Crippen molar-refractivity contribution in [3.63, 3.8) is 0 Å². The second-order valence-electron chi connectivity index (χ2n) is 3.26. The van der Waals surface area contributed by atoms with Crippen LogP contribution in [0, 0.1) is 0 Å². The summed E-state index contributed by atoms with van der Waals surface area (Å²) < 4.78 is 27.5. The molecule has 6 heteroatoms.